The number of imide groups is 1. The first-order valence-corrected chi connectivity index (χ1v) is 10.2. The molecule has 3 fully saturated rings. The quantitative estimate of drug-likeness (QED) is 0.710. The van der Waals surface area contributed by atoms with Gasteiger partial charge < -0.3 is 10.2 Å². The topological polar surface area (TPSA) is 104 Å². The van der Waals surface area contributed by atoms with Crippen molar-refractivity contribution >= 4 is 27.7 Å². The van der Waals surface area contributed by atoms with Crippen molar-refractivity contribution < 1.29 is 22.8 Å². The van der Waals surface area contributed by atoms with Crippen LogP contribution < -0.4 is 5.32 Å². The predicted octanol–water partition coefficient (Wildman–Crippen LogP) is -0.113. The number of likely N-dealkylation sites (N-methyl/N-ethyl adjacent to an activating group) is 1. The molecule has 3 aliphatic rings. The zero-order valence-corrected chi connectivity index (χ0v) is 14.6. The summed E-state index contributed by atoms with van der Waals surface area (Å²) in [4.78, 5) is 39.6. The number of carbonyl (C=O) groups excluding carboxylic acids is 3. The minimum absolute atomic E-state index is 0.0562. The van der Waals surface area contributed by atoms with Crippen LogP contribution in [0.2, 0.25) is 0 Å². The molecule has 1 saturated carbocycles. The molecule has 4 amide bonds. The molecule has 0 aromatic heterocycles. The Morgan fingerprint density at radius 3 is 2.54 bits per heavy atom. The monoisotopic (exact) mass is 357 g/mol. The smallest absolute Gasteiger partial charge is 0.325 e. The number of urea groups is 1. The molecule has 1 atom stereocenters. The minimum Gasteiger partial charge on any atom is -0.340 e. The van der Waals surface area contributed by atoms with E-state index in [9.17, 15) is 22.8 Å². The number of nitrogens with zero attached hydrogens (tertiary/aromatic N) is 2. The average Bonchev–Trinajstić information content (AvgIpc) is 3.00. The summed E-state index contributed by atoms with van der Waals surface area (Å²) in [5, 5.41) is 2.77. The summed E-state index contributed by atoms with van der Waals surface area (Å²) in [5.74, 6) is -0.720. The summed E-state index contributed by atoms with van der Waals surface area (Å²) < 4.78 is 23.1. The van der Waals surface area contributed by atoms with E-state index in [1.54, 1.807) is 0 Å². The van der Waals surface area contributed by atoms with Gasteiger partial charge in [0.25, 0.3) is 5.91 Å². The van der Waals surface area contributed by atoms with Gasteiger partial charge in [-0.1, -0.05) is 19.3 Å². The molecule has 8 nitrogen and oxygen atoms in total. The molecule has 1 spiro atoms. The lowest BCUT2D eigenvalue weighted by Gasteiger charge is -2.30. The highest BCUT2D eigenvalue weighted by molar-refractivity contribution is 7.91. The van der Waals surface area contributed by atoms with Gasteiger partial charge in [-0.3, -0.25) is 14.5 Å². The first kappa shape index (κ1) is 17.2. The van der Waals surface area contributed by atoms with Crippen molar-refractivity contribution in [2.24, 2.45) is 0 Å². The number of hydrogen-bond acceptors (Lipinski definition) is 5. The van der Waals surface area contributed by atoms with Crippen molar-refractivity contribution in [1.82, 2.24) is 15.1 Å². The molecule has 24 heavy (non-hydrogen) atoms. The fraction of sp³-hybridized carbons (Fsp3) is 0.800. The van der Waals surface area contributed by atoms with Crippen molar-refractivity contribution in [2.75, 3.05) is 25.1 Å². The van der Waals surface area contributed by atoms with Gasteiger partial charge in [-0.25, -0.2) is 13.2 Å². The number of rotatable bonds is 3. The Hall–Kier alpha value is -1.64. The average molecular weight is 357 g/mol. The highest BCUT2D eigenvalue weighted by Crippen LogP contribution is 2.33. The Bertz CT molecular complexity index is 669. The zero-order chi connectivity index (χ0) is 17.5. The third kappa shape index (κ3) is 3.01. The van der Waals surface area contributed by atoms with Crippen LogP contribution in [0.1, 0.15) is 38.5 Å². The van der Waals surface area contributed by atoms with E-state index in [1.807, 2.05) is 0 Å². The summed E-state index contributed by atoms with van der Waals surface area (Å²) >= 11 is 0. The highest BCUT2D eigenvalue weighted by atomic mass is 32.2. The van der Waals surface area contributed by atoms with E-state index in [4.69, 9.17) is 0 Å². The van der Waals surface area contributed by atoms with Crippen LogP contribution in [-0.2, 0) is 19.4 Å². The minimum atomic E-state index is -3.10. The van der Waals surface area contributed by atoms with Crippen LogP contribution in [0.4, 0.5) is 4.79 Å². The maximum absolute atomic E-state index is 12.7. The lowest BCUT2D eigenvalue weighted by atomic mass is 9.82. The van der Waals surface area contributed by atoms with Crippen LogP contribution in [0.3, 0.4) is 0 Å². The van der Waals surface area contributed by atoms with Gasteiger partial charge in [0.2, 0.25) is 5.91 Å². The van der Waals surface area contributed by atoms with Crippen molar-refractivity contribution in [3.05, 3.63) is 0 Å². The Morgan fingerprint density at radius 1 is 1.29 bits per heavy atom. The number of amides is 4. The second-order valence-corrected chi connectivity index (χ2v) is 9.25. The first-order valence-electron chi connectivity index (χ1n) is 8.34. The lowest BCUT2D eigenvalue weighted by molar-refractivity contribution is -0.139. The molecular formula is C15H23N3O5S. The molecule has 0 radical (unpaired) electrons. The Kier molecular flexibility index (Phi) is 4.31. The molecule has 0 unspecified atom stereocenters. The zero-order valence-electron chi connectivity index (χ0n) is 13.8. The van der Waals surface area contributed by atoms with Gasteiger partial charge in [-0.15, -0.1) is 0 Å². The molecule has 1 N–H and O–H groups in total. The molecule has 2 saturated heterocycles. The van der Waals surface area contributed by atoms with E-state index in [0.29, 0.717) is 19.3 Å². The third-order valence-electron chi connectivity index (χ3n) is 5.40. The molecule has 3 rings (SSSR count). The molecule has 0 aromatic carbocycles. The molecule has 2 aliphatic heterocycles. The second-order valence-electron chi connectivity index (χ2n) is 7.03. The van der Waals surface area contributed by atoms with Crippen LogP contribution in [0, 0.1) is 0 Å². The van der Waals surface area contributed by atoms with Gasteiger partial charge in [-0.05, 0) is 19.3 Å². The van der Waals surface area contributed by atoms with Crippen molar-refractivity contribution in [2.45, 2.75) is 50.1 Å². The van der Waals surface area contributed by atoms with Crippen LogP contribution in [0.25, 0.3) is 0 Å². The molecular weight excluding hydrogens is 334 g/mol. The van der Waals surface area contributed by atoms with Crippen LogP contribution >= 0.6 is 0 Å². The van der Waals surface area contributed by atoms with E-state index in [2.05, 4.69) is 5.32 Å². The van der Waals surface area contributed by atoms with Crippen molar-refractivity contribution in [1.29, 1.82) is 0 Å². The van der Waals surface area contributed by atoms with Crippen molar-refractivity contribution in [3.8, 4) is 0 Å². The summed E-state index contributed by atoms with van der Waals surface area (Å²) in [6.07, 6.45) is 4.43. The number of sulfone groups is 1. The van der Waals surface area contributed by atoms with Crippen molar-refractivity contribution in [3.63, 3.8) is 0 Å². The number of hydrogen-bond donors (Lipinski definition) is 1. The Morgan fingerprint density at radius 2 is 1.96 bits per heavy atom. The fourth-order valence-electron chi connectivity index (χ4n) is 3.85. The highest BCUT2D eigenvalue weighted by Gasteiger charge is 2.51. The fourth-order valence-corrected chi connectivity index (χ4v) is 5.62. The molecule has 9 heteroatoms. The maximum Gasteiger partial charge on any atom is 0.325 e. The first-order chi connectivity index (χ1) is 11.2. The van der Waals surface area contributed by atoms with E-state index in [-0.39, 0.29) is 30.0 Å². The van der Waals surface area contributed by atoms with E-state index in [1.165, 1.54) is 11.9 Å². The number of nitrogens with one attached hydrogen (secondary N) is 1. The summed E-state index contributed by atoms with van der Waals surface area (Å²) in [5.41, 5.74) is -0.842. The van der Waals surface area contributed by atoms with Crippen LogP contribution in [-0.4, -0.2) is 72.7 Å². The van der Waals surface area contributed by atoms with Gasteiger partial charge in [0.1, 0.15) is 12.1 Å². The van der Waals surface area contributed by atoms with E-state index < -0.39 is 27.3 Å². The van der Waals surface area contributed by atoms with Gasteiger partial charge >= 0.3 is 6.03 Å². The van der Waals surface area contributed by atoms with E-state index >= 15 is 0 Å². The normalized spacial score (nSPS) is 28.2. The SMILES string of the molecule is CN(C(=O)CN1C(=O)NC2(CCCCC2)C1=O)[C@H]1CCS(=O)(=O)C1. The summed E-state index contributed by atoms with van der Waals surface area (Å²) in [6, 6.07) is -0.908. The maximum atomic E-state index is 12.7. The van der Waals surface area contributed by atoms with Gasteiger partial charge in [-0.2, -0.15) is 0 Å². The molecule has 134 valence electrons. The van der Waals surface area contributed by atoms with Crippen LogP contribution in [0.5, 0.6) is 0 Å². The Labute approximate surface area is 141 Å². The molecule has 2 heterocycles. The predicted molar refractivity (Wildman–Crippen MR) is 85.9 cm³/mol. The number of carbonyl (C=O) groups is 3. The van der Waals surface area contributed by atoms with Gasteiger partial charge in [0, 0.05) is 13.1 Å². The third-order valence-corrected chi connectivity index (χ3v) is 7.15. The van der Waals surface area contributed by atoms with Gasteiger partial charge in [0.05, 0.1) is 11.5 Å². The molecule has 0 aromatic rings. The van der Waals surface area contributed by atoms with Gasteiger partial charge in [0.15, 0.2) is 9.84 Å². The van der Waals surface area contributed by atoms with E-state index in [0.717, 1.165) is 24.2 Å². The largest absolute Gasteiger partial charge is 0.340 e. The lowest BCUT2D eigenvalue weighted by Crippen LogP contribution is -2.49. The second kappa shape index (κ2) is 6.02. The molecule has 0 bridgehead atoms. The van der Waals surface area contributed by atoms with Crippen LogP contribution in [0.15, 0.2) is 0 Å². The Balaban J connectivity index is 1.66. The standard InChI is InChI=1S/C15H23N3O5S/c1-17(11-5-8-24(22,23)10-11)12(19)9-18-13(20)15(16-14(18)21)6-3-2-4-7-15/h11H,2-10H2,1H3,(H,16,21)/t11-/m0/s1. The summed E-state index contributed by atoms with van der Waals surface area (Å²) in [6.45, 7) is -0.334. The summed E-state index contributed by atoms with van der Waals surface area (Å²) in [7, 11) is -1.57. The molecule has 1 aliphatic carbocycles.